The van der Waals surface area contributed by atoms with Gasteiger partial charge in [-0.3, -0.25) is 13.8 Å². The summed E-state index contributed by atoms with van der Waals surface area (Å²) in [4.78, 5) is 22.5. The Kier molecular flexibility index (Phi) is 37.9. The van der Waals surface area contributed by atoms with Gasteiger partial charge < -0.3 is 24.6 Å². The predicted molar refractivity (Wildman–Crippen MR) is 210 cm³/mol. The Balaban J connectivity index is 4.19. The zero-order valence-corrected chi connectivity index (χ0v) is 33.7. The van der Waals surface area contributed by atoms with Crippen molar-refractivity contribution in [3.8, 4) is 0 Å². The van der Waals surface area contributed by atoms with Crippen molar-refractivity contribution < 1.29 is 43.0 Å². The molecule has 51 heavy (non-hydrogen) atoms. The number of phosphoric acid groups is 1. The normalized spacial score (nSPS) is 14.4. The molecule has 0 aliphatic heterocycles. The van der Waals surface area contributed by atoms with Crippen molar-refractivity contribution in [2.75, 3.05) is 33.0 Å². The molecule has 0 radical (unpaired) electrons. The SMILES string of the molecule is CCCCCC/C=C\CCCCCCCC(=O)OC(COCCCCCCCC/C=C\CCCCCCCCC)COP(=O)(O)OCC(O)CO. The molecule has 0 aliphatic rings. The van der Waals surface area contributed by atoms with Crippen molar-refractivity contribution in [1.82, 2.24) is 0 Å². The summed E-state index contributed by atoms with van der Waals surface area (Å²) in [5.74, 6) is -0.393. The third-order valence-corrected chi connectivity index (χ3v) is 9.81. The molecule has 0 fully saturated rings. The molecule has 302 valence electrons. The van der Waals surface area contributed by atoms with Gasteiger partial charge in [-0.15, -0.1) is 0 Å². The second-order valence-electron chi connectivity index (χ2n) is 14.0. The summed E-state index contributed by atoms with van der Waals surface area (Å²) in [6.07, 6.45) is 38.5. The van der Waals surface area contributed by atoms with E-state index in [4.69, 9.17) is 23.6 Å². The fraction of sp³-hybridized carbons (Fsp3) is 0.878. The van der Waals surface area contributed by atoms with Crippen molar-refractivity contribution in [1.29, 1.82) is 0 Å². The minimum atomic E-state index is -4.51. The third-order valence-electron chi connectivity index (χ3n) is 8.86. The molecule has 0 rings (SSSR count). The average Bonchev–Trinajstić information content (AvgIpc) is 3.12. The quantitative estimate of drug-likeness (QED) is 0.0242. The van der Waals surface area contributed by atoms with Crippen molar-refractivity contribution in [3.63, 3.8) is 0 Å². The molecule has 0 amide bonds. The lowest BCUT2D eigenvalue weighted by atomic mass is 10.1. The van der Waals surface area contributed by atoms with E-state index in [1.165, 1.54) is 103 Å². The second-order valence-corrected chi connectivity index (χ2v) is 15.5. The minimum absolute atomic E-state index is 0.0440. The zero-order valence-electron chi connectivity index (χ0n) is 32.8. The fourth-order valence-corrected chi connectivity index (χ4v) is 6.43. The molecule has 3 N–H and O–H groups in total. The molecule has 0 bridgehead atoms. The largest absolute Gasteiger partial charge is 0.472 e. The number of rotatable bonds is 40. The molecule has 3 unspecified atom stereocenters. The van der Waals surface area contributed by atoms with Gasteiger partial charge in [-0.25, -0.2) is 4.57 Å². The number of hydrogen-bond donors (Lipinski definition) is 3. The highest BCUT2D eigenvalue weighted by atomic mass is 31.2. The molecule has 0 saturated carbocycles. The number of carbonyl (C=O) groups excluding carboxylic acids is 1. The van der Waals surface area contributed by atoms with Gasteiger partial charge in [-0.1, -0.05) is 141 Å². The smallest absolute Gasteiger partial charge is 0.457 e. The maximum Gasteiger partial charge on any atom is 0.472 e. The van der Waals surface area contributed by atoms with Gasteiger partial charge in [0.1, 0.15) is 12.2 Å². The molecular weight excluding hydrogens is 667 g/mol. The number of aliphatic hydroxyl groups is 2. The molecule has 0 aromatic rings. The van der Waals surface area contributed by atoms with Crippen LogP contribution in [0.4, 0.5) is 0 Å². The van der Waals surface area contributed by atoms with Crippen LogP contribution in [-0.4, -0.2) is 66.3 Å². The van der Waals surface area contributed by atoms with Crippen LogP contribution in [0.1, 0.15) is 187 Å². The predicted octanol–water partition coefficient (Wildman–Crippen LogP) is 11.1. The number of esters is 1. The summed E-state index contributed by atoms with van der Waals surface area (Å²) in [6, 6.07) is 0. The first kappa shape index (κ1) is 49.9. The summed E-state index contributed by atoms with van der Waals surface area (Å²) in [7, 11) is -4.51. The Bertz CT molecular complexity index is 851. The third kappa shape index (κ3) is 38.5. The molecular formula is C41H79O9P. The lowest BCUT2D eigenvalue weighted by Gasteiger charge is -2.20. The Labute approximate surface area is 313 Å². The van der Waals surface area contributed by atoms with Gasteiger partial charge >= 0.3 is 13.8 Å². The highest BCUT2D eigenvalue weighted by Crippen LogP contribution is 2.43. The number of hydrogen-bond acceptors (Lipinski definition) is 8. The van der Waals surface area contributed by atoms with Gasteiger partial charge in [-0.05, 0) is 64.2 Å². The van der Waals surface area contributed by atoms with E-state index in [2.05, 4.69) is 38.2 Å². The summed E-state index contributed by atoms with van der Waals surface area (Å²) in [5, 5.41) is 18.3. The van der Waals surface area contributed by atoms with Crippen LogP contribution in [0.3, 0.4) is 0 Å². The van der Waals surface area contributed by atoms with E-state index in [-0.39, 0.29) is 19.6 Å². The van der Waals surface area contributed by atoms with Crippen LogP contribution in [0.5, 0.6) is 0 Å². The summed E-state index contributed by atoms with van der Waals surface area (Å²) >= 11 is 0. The van der Waals surface area contributed by atoms with Crippen LogP contribution in [-0.2, 0) is 27.9 Å². The first-order valence-corrected chi connectivity index (χ1v) is 22.3. The molecule has 3 atom stereocenters. The van der Waals surface area contributed by atoms with E-state index in [0.717, 1.165) is 64.2 Å². The molecule has 0 aromatic carbocycles. The van der Waals surface area contributed by atoms with Crippen LogP contribution in [0.2, 0.25) is 0 Å². The Morgan fingerprint density at radius 2 is 1.00 bits per heavy atom. The monoisotopic (exact) mass is 747 g/mol. The molecule has 0 aromatic heterocycles. The Hall–Kier alpha value is -1.06. The standard InChI is InChI=1S/C41H79O9P/c1-3-5-7-9-11-13-15-17-18-19-20-22-24-26-28-30-32-34-47-37-40(38-49-51(45,46)48-36-39(43)35-42)50-41(44)33-31-29-27-25-23-21-16-14-12-10-8-6-4-2/h14,16,18-19,39-40,42-43H,3-13,15,17,20-38H2,1-2H3,(H,45,46)/b16-14-,19-18-. The van der Waals surface area contributed by atoms with Crippen LogP contribution in [0, 0.1) is 0 Å². The van der Waals surface area contributed by atoms with E-state index >= 15 is 0 Å². The first-order chi connectivity index (χ1) is 24.8. The highest BCUT2D eigenvalue weighted by molar-refractivity contribution is 7.47. The summed E-state index contributed by atoms with van der Waals surface area (Å²) in [6.45, 7) is 3.48. The Morgan fingerprint density at radius 3 is 1.49 bits per heavy atom. The minimum Gasteiger partial charge on any atom is -0.457 e. The Morgan fingerprint density at radius 1 is 0.588 bits per heavy atom. The van der Waals surface area contributed by atoms with Gasteiger partial charge in [0.05, 0.1) is 26.4 Å². The fourth-order valence-electron chi connectivity index (χ4n) is 5.64. The van der Waals surface area contributed by atoms with Crippen LogP contribution >= 0.6 is 7.82 Å². The lowest BCUT2D eigenvalue weighted by molar-refractivity contribution is -0.154. The van der Waals surface area contributed by atoms with Gasteiger partial charge in [0.15, 0.2) is 0 Å². The summed E-state index contributed by atoms with van der Waals surface area (Å²) < 4.78 is 33.3. The number of ether oxygens (including phenoxy) is 2. The van der Waals surface area contributed by atoms with E-state index in [1.54, 1.807) is 0 Å². The molecule has 0 aliphatic carbocycles. The average molecular weight is 747 g/mol. The maximum absolute atomic E-state index is 12.6. The van der Waals surface area contributed by atoms with E-state index < -0.39 is 39.2 Å². The van der Waals surface area contributed by atoms with Crippen LogP contribution in [0.15, 0.2) is 24.3 Å². The number of allylic oxidation sites excluding steroid dienone is 4. The lowest BCUT2D eigenvalue weighted by Crippen LogP contribution is -2.29. The zero-order chi connectivity index (χ0) is 37.5. The maximum atomic E-state index is 12.6. The first-order valence-electron chi connectivity index (χ1n) is 20.8. The highest BCUT2D eigenvalue weighted by Gasteiger charge is 2.26. The van der Waals surface area contributed by atoms with Crippen molar-refractivity contribution in [3.05, 3.63) is 24.3 Å². The van der Waals surface area contributed by atoms with Crippen molar-refractivity contribution in [2.24, 2.45) is 0 Å². The molecule has 0 spiro atoms. The number of unbranched alkanes of at least 4 members (excludes halogenated alkanes) is 22. The topological polar surface area (TPSA) is 132 Å². The molecule has 0 saturated heterocycles. The van der Waals surface area contributed by atoms with Crippen molar-refractivity contribution >= 4 is 13.8 Å². The molecule has 9 nitrogen and oxygen atoms in total. The van der Waals surface area contributed by atoms with Gasteiger partial charge in [-0.2, -0.15) is 0 Å². The van der Waals surface area contributed by atoms with Crippen molar-refractivity contribution in [2.45, 2.75) is 199 Å². The van der Waals surface area contributed by atoms with E-state index in [0.29, 0.717) is 6.61 Å². The van der Waals surface area contributed by atoms with Gasteiger partial charge in [0.2, 0.25) is 0 Å². The van der Waals surface area contributed by atoms with E-state index in [1.807, 2.05) is 0 Å². The molecule has 10 heteroatoms. The van der Waals surface area contributed by atoms with Crippen LogP contribution < -0.4 is 0 Å². The van der Waals surface area contributed by atoms with E-state index in [9.17, 15) is 19.4 Å². The van der Waals surface area contributed by atoms with Gasteiger partial charge in [0.25, 0.3) is 0 Å². The van der Waals surface area contributed by atoms with Crippen LogP contribution in [0.25, 0.3) is 0 Å². The summed E-state index contributed by atoms with van der Waals surface area (Å²) in [5.41, 5.74) is 0. The number of phosphoric ester groups is 1. The van der Waals surface area contributed by atoms with Gasteiger partial charge in [0, 0.05) is 13.0 Å². The number of carbonyl (C=O) groups is 1. The number of aliphatic hydroxyl groups excluding tert-OH is 2. The second kappa shape index (κ2) is 38.7. The molecule has 0 heterocycles.